The molecule has 1 heterocycles. The van der Waals surface area contributed by atoms with Gasteiger partial charge >= 0.3 is 0 Å². The number of pyridine rings is 1. The summed E-state index contributed by atoms with van der Waals surface area (Å²) >= 11 is 5.84. The Morgan fingerprint density at radius 3 is 2.48 bits per heavy atom. The lowest BCUT2D eigenvalue weighted by Gasteiger charge is -2.29. The SMILES string of the molecule is CN(CCCl)CCN(C)c1c2c(nc3ccccc13)CCCC2.Cl.Cl. The first-order valence-electron chi connectivity index (χ1n) is 8.57. The number of fused-ring (bicyclic) bond motifs is 2. The molecule has 0 saturated carbocycles. The summed E-state index contributed by atoms with van der Waals surface area (Å²) in [5, 5.41) is 1.29. The number of aromatic nitrogens is 1. The van der Waals surface area contributed by atoms with Crippen LogP contribution in [0.1, 0.15) is 24.1 Å². The molecule has 1 aromatic carbocycles. The highest BCUT2D eigenvalue weighted by Gasteiger charge is 2.20. The quantitative estimate of drug-likeness (QED) is 0.658. The van der Waals surface area contributed by atoms with Crippen molar-refractivity contribution in [2.75, 3.05) is 44.5 Å². The van der Waals surface area contributed by atoms with Crippen LogP contribution in [0, 0.1) is 0 Å². The lowest BCUT2D eigenvalue weighted by atomic mass is 9.92. The van der Waals surface area contributed by atoms with E-state index < -0.39 is 0 Å². The Kier molecular flexibility index (Phi) is 9.29. The van der Waals surface area contributed by atoms with E-state index in [9.17, 15) is 0 Å². The van der Waals surface area contributed by atoms with Crippen molar-refractivity contribution in [3.63, 3.8) is 0 Å². The smallest absolute Gasteiger partial charge is 0.0726 e. The van der Waals surface area contributed by atoms with E-state index in [1.807, 2.05) is 0 Å². The van der Waals surface area contributed by atoms with Gasteiger partial charge in [-0.3, -0.25) is 4.98 Å². The van der Waals surface area contributed by atoms with Gasteiger partial charge in [0.1, 0.15) is 0 Å². The molecule has 3 nitrogen and oxygen atoms in total. The van der Waals surface area contributed by atoms with Gasteiger partial charge in [-0.2, -0.15) is 0 Å². The number of halogens is 3. The predicted octanol–water partition coefficient (Wildman–Crippen LogP) is 4.56. The van der Waals surface area contributed by atoms with Crippen LogP contribution in [0.25, 0.3) is 10.9 Å². The normalized spacial score (nSPS) is 13.1. The Hall–Kier alpha value is -0.740. The van der Waals surface area contributed by atoms with Gasteiger partial charge in [0.05, 0.1) is 11.2 Å². The van der Waals surface area contributed by atoms with Gasteiger partial charge in [0.15, 0.2) is 0 Å². The zero-order chi connectivity index (χ0) is 16.2. The number of hydrogen-bond donors (Lipinski definition) is 0. The van der Waals surface area contributed by atoms with Gasteiger partial charge in [-0.1, -0.05) is 18.2 Å². The number of likely N-dealkylation sites (N-methyl/N-ethyl adjacent to an activating group) is 2. The highest BCUT2D eigenvalue weighted by Crippen LogP contribution is 2.35. The van der Waals surface area contributed by atoms with E-state index >= 15 is 0 Å². The number of rotatable bonds is 6. The van der Waals surface area contributed by atoms with Crippen molar-refractivity contribution in [2.45, 2.75) is 25.7 Å². The Labute approximate surface area is 168 Å². The Bertz CT molecular complexity index is 678. The van der Waals surface area contributed by atoms with Gasteiger partial charge in [0, 0.05) is 43.6 Å². The number of alkyl halides is 1. The number of anilines is 1. The third-order valence-electron chi connectivity index (χ3n) is 4.80. The van der Waals surface area contributed by atoms with Gasteiger partial charge in [-0.15, -0.1) is 36.4 Å². The average Bonchev–Trinajstić information content (AvgIpc) is 2.57. The van der Waals surface area contributed by atoms with Crippen LogP contribution in [0.2, 0.25) is 0 Å². The predicted molar refractivity (Wildman–Crippen MR) is 114 cm³/mol. The lowest BCUT2D eigenvalue weighted by molar-refractivity contribution is 0.362. The third kappa shape index (κ3) is 5.13. The Morgan fingerprint density at radius 1 is 1.00 bits per heavy atom. The molecular weight excluding hydrogens is 377 g/mol. The second kappa shape index (κ2) is 10.4. The Morgan fingerprint density at radius 2 is 1.72 bits per heavy atom. The minimum absolute atomic E-state index is 0. The fourth-order valence-corrected chi connectivity index (χ4v) is 3.76. The van der Waals surface area contributed by atoms with E-state index in [1.165, 1.54) is 35.2 Å². The first-order chi connectivity index (χ1) is 11.2. The molecule has 0 radical (unpaired) electrons. The van der Waals surface area contributed by atoms with Crippen molar-refractivity contribution in [2.24, 2.45) is 0 Å². The number of benzene rings is 1. The van der Waals surface area contributed by atoms with Gasteiger partial charge < -0.3 is 9.80 Å². The van der Waals surface area contributed by atoms with E-state index in [2.05, 4.69) is 48.2 Å². The van der Waals surface area contributed by atoms with E-state index in [-0.39, 0.29) is 24.8 Å². The largest absolute Gasteiger partial charge is 0.372 e. The van der Waals surface area contributed by atoms with E-state index in [0.717, 1.165) is 38.0 Å². The molecule has 1 aromatic heterocycles. The number of aryl methyl sites for hydroxylation is 1. The molecule has 2 aromatic rings. The molecule has 0 atom stereocenters. The highest BCUT2D eigenvalue weighted by atomic mass is 35.5. The van der Waals surface area contributed by atoms with Crippen molar-refractivity contribution in [1.29, 1.82) is 0 Å². The molecule has 6 heteroatoms. The molecule has 0 bridgehead atoms. The molecule has 140 valence electrons. The first-order valence-corrected chi connectivity index (χ1v) is 9.10. The molecule has 0 spiro atoms. The zero-order valence-corrected chi connectivity index (χ0v) is 17.4. The third-order valence-corrected chi connectivity index (χ3v) is 4.97. The summed E-state index contributed by atoms with van der Waals surface area (Å²) in [5.41, 5.74) is 5.30. The van der Waals surface area contributed by atoms with Crippen LogP contribution in [0.3, 0.4) is 0 Å². The van der Waals surface area contributed by atoms with Gasteiger partial charge in [0.2, 0.25) is 0 Å². The van der Waals surface area contributed by atoms with E-state index in [0.29, 0.717) is 5.88 Å². The second-order valence-electron chi connectivity index (χ2n) is 6.52. The molecule has 0 unspecified atom stereocenters. The van der Waals surface area contributed by atoms with Crippen LogP contribution < -0.4 is 4.90 Å². The van der Waals surface area contributed by atoms with Crippen molar-refractivity contribution in [3.8, 4) is 0 Å². The van der Waals surface area contributed by atoms with Crippen LogP contribution >= 0.6 is 36.4 Å². The van der Waals surface area contributed by atoms with Crippen LogP contribution in [0.4, 0.5) is 5.69 Å². The lowest BCUT2D eigenvalue weighted by Crippen LogP contribution is -2.32. The fourth-order valence-electron chi connectivity index (χ4n) is 3.47. The van der Waals surface area contributed by atoms with Crippen LogP contribution in [-0.2, 0) is 12.8 Å². The Balaban J connectivity index is 0.00000156. The summed E-state index contributed by atoms with van der Waals surface area (Å²) in [7, 11) is 4.35. The maximum atomic E-state index is 5.84. The number of hydrogen-bond acceptors (Lipinski definition) is 3. The maximum Gasteiger partial charge on any atom is 0.0726 e. The second-order valence-corrected chi connectivity index (χ2v) is 6.90. The maximum absolute atomic E-state index is 5.84. The van der Waals surface area contributed by atoms with Gasteiger partial charge in [-0.25, -0.2) is 0 Å². The summed E-state index contributed by atoms with van der Waals surface area (Å²) in [6.45, 7) is 2.97. The molecule has 1 aliphatic rings. The summed E-state index contributed by atoms with van der Waals surface area (Å²) in [6, 6.07) is 8.56. The summed E-state index contributed by atoms with van der Waals surface area (Å²) in [6.07, 6.45) is 4.82. The summed E-state index contributed by atoms with van der Waals surface area (Å²) in [5.74, 6) is 0.688. The minimum atomic E-state index is 0. The molecule has 0 N–H and O–H groups in total. The van der Waals surface area contributed by atoms with Crippen LogP contribution in [0.5, 0.6) is 0 Å². The van der Waals surface area contributed by atoms with E-state index in [4.69, 9.17) is 16.6 Å². The van der Waals surface area contributed by atoms with Gasteiger partial charge in [-0.05, 0) is 44.4 Å². The zero-order valence-electron chi connectivity index (χ0n) is 15.0. The topological polar surface area (TPSA) is 19.4 Å². The molecule has 3 rings (SSSR count). The van der Waals surface area contributed by atoms with Crippen molar-refractivity contribution in [3.05, 3.63) is 35.5 Å². The minimum Gasteiger partial charge on any atom is -0.372 e. The monoisotopic (exact) mass is 403 g/mol. The number of nitrogens with zero attached hydrogens (tertiary/aromatic N) is 3. The van der Waals surface area contributed by atoms with Crippen molar-refractivity contribution >= 4 is 53.0 Å². The highest BCUT2D eigenvalue weighted by molar-refractivity contribution is 6.18. The van der Waals surface area contributed by atoms with Crippen molar-refractivity contribution < 1.29 is 0 Å². The average molecular weight is 405 g/mol. The van der Waals surface area contributed by atoms with Crippen LogP contribution in [0.15, 0.2) is 24.3 Å². The molecule has 25 heavy (non-hydrogen) atoms. The van der Waals surface area contributed by atoms with Crippen molar-refractivity contribution in [1.82, 2.24) is 9.88 Å². The summed E-state index contributed by atoms with van der Waals surface area (Å²) in [4.78, 5) is 9.64. The standard InChI is InChI=1S/C19H26ClN3.2ClH/c1-22(12-11-20)13-14-23(2)19-15-7-3-5-9-17(15)21-18-10-6-4-8-16(18)19;;/h3,5,7,9H,4,6,8,10-14H2,1-2H3;2*1H. The number of para-hydroxylation sites is 1. The van der Waals surface area contributed by atoms with Gasteiger partial charge in [0.25, 0.3) is 0 Å². The first kappa shape index (κ1) is 22.3. The molecule has 0 fully saturated rings. The van der Waals surface area contributed by atoms with E-state index in [1.54, 1.807) is 0 Å². The fraction of sp³-hybridized carbons (Fsp3) is 0.526. The molecule has 1 aliphatic carbocycles. The summed E-state index contributed by atoms with van der Waals surface area (Å²) < 4.78 is 0. The molecule has 0 aliphatic heterocycles. The molecular formula is C19H28Cl3N3. The molecule has 0 saturated heterocycles. The molecule has 0 amide bonds. The van der Waals surface area contributed by atoms with Crippen LogP contribution in [-0.4, -0.2) is 49.5 Å².